The Labute approximate surface area is 176 Å². The minimum atomic E-state index is -0.112. The van der Waals surface area contributed by atoms with E-state index in [2.05, 4.69) is 56.7 Å². The van der Waals surface area contributed by atoms with Gasteiger partial charge in [-0.15, -0.1) is 0 Å². The van der Waals surface area contributed by atoms with Crippen LogP contribution < -0.4 is 10.6 Å². The monoisotopic (exact) mass is 405 g/mol. The second-order valence-electron chi connectivity index (χ2n) is 7.83. The van der Waals surface area contributed by atoms with Crippen molar-refractivity contribution in [1.82, 2.24) is 20.4 Å². The number of nitrogens with zero attached hydrogens (tertiary/aromatic N) is 3. The van der Waals surface area contributed by atoms with E-state index in [1.807, 2.05) is 0 Å². The number of nitrogens with one attached hydrogen (secondary N) is 2. The normalized spacial score (nSPS) is 16.4. The predicted octanol–water partition coefficient (Wildman–Crippen LogP) is 1.28. The van der Waals surface area contributed by atoms with E-state index < -0.39 is 0 Å². The quantitative estimate of drug-likeness (QED) is 0.293. The van der Waals surface area contributed by atoms with Crippen molar-refractivity contribution in [2.75, 3.05) is 60.5 Å². The second kappa shape index (κ2) is 13.5. The van der Waals surface area contributed by atoms with E-state index in [4.69, 9.17) is 4.74 Å². The van der Waals surface area contributed by atoms with Crippen molar-refractivity contribution >= 4 is 5.96 Å². The van der Waals surface area contributed by atoms with Gasteiger partial charge in [0, 0.05) is 66.6 Å². The third-order valence-electron chi connectivity index (χ3n) is 5.34. The van der Waals surface area contributed by atoms with Gasteiger partial charge in [-0.05, 0) is 37.4 Å². The Balaban J connectivity index is 1.65. The van der Waals surface area contributed by atoms with Crippen molar-refractivity contribution in [3.8, 4) is 0 Å². The van der Waals surface area contributed by atoms with Crippen LogP contribution in [0.15, 0.2) is 29.3 Å². The molecule has 1 fully saturated rings. The molecule has 164 valence electrons. The van der Waals surface area contributed by atoms with Crippen molar-refractivity contribution in [3.63, 3.8) is 0 Å². The van der Waals surface area contributed by atoms with Crippen LogP contribution in [-0.4, -0.2) is 87.5 Å². The van der Waals surface area contributed by atoms with Crippen molar-refractivity contribution in [1.29, 1.82) is 0 Å². The average Bonchev–Trinajstić information content (AvgIpc) is 2.73. The summed E-state index contributed by atoms with van der Waals surface area (Å²) in [5.74, 6) is 0.825. The number of guanidine groups is 1. The van der Waals surface area contributed by atoms with E-state index in [9.17, 15) is 5.11 Å². The van der Waals surface area contributed by atoms with E-state index in [1.165, 1.54) is 11.1 Å². The minimum absolute atomic E-state index is 0.112. The number of hydrogen-bond acceptors (Lipinski definition) is 5. The zero-order valence-corrected chi connectivity index (χ0v) is 18.4. The summed E-state index contributed by atoms with van der Waals surface area (Å²) in [6, 6.07) is 8.76. The van der Waals surface area contributed by atoms with E-state index >= 15 is 0 Å². The Kier molecular flexibility index (Phi) is 11.0. The Morgan fingerprint density at radius 2 is 1.86 bits per heavy atom. The topological polar surface area (TPSA) is 72.4 Å². The van der Waals surface area contributed by atoms with Crippen LogP contribution in [0.25, 0.3) is 0 Å². The van der Waals surface area contributed by atoms with Crippen LogP contribution in [0, 0.1) is 0 Å². The number of ether oxygens (including phenoxy) is 1. The van der Waals surface area contributed by atoms with Crippen LogP contribution in [-0.2, 0) is 17.8 Å². The molecule has 0 atom stereocenters. The van der Waals surface area contributed by atoms with Gasteiger partial charge in [0.25, 0.3) is 0 Å². The lowest BCUT2D eigenvalue weighted by molar-refractivity contribution is 0.0792. The molecule has 3 N–H and O–H groups in total. The number of methoxy groups -OCH3 is 1. The Hall–Kier alpha value is -1.67. The summed E-state index contributed by atoms with van der Waals surface area (Å²) in [5, 5.41) is 16.4. The minimum Gasteiger partial charge on any atom is -0.393 e. The Bertz CT molecular complexity index is 585. The molecule has 0 spiro atoms. The van der Waals surface area contributed by atoms with Crippen molar-refractivity contribution < 1.29 is 9.84 Å². The maximum absolute atomic E-state index is 9.62. The highest BCUT2D eigenvalue weighted by Gasteiger charge is 2.16. The fraction of sp³-hybridized carbons (Fsp3) is 0.682. The average molecular weight is 406 g/mol. The van der Waals surface area contributed by atoms with Crippen LogP contribution in [0.3, 0.4) is 0 Å². The second-order valence-corrected chi connectivity index (χ2v) is 7.83. The maximum Gasteiger partial charge on any atom is 0.191 e. The summed E-state index contributed by atoms with van der Waals surface area (Å²) in [6.07, 6.45) is 2.71. The summed E-state index contributed by atoms with van der Waals surface area (Å²) in [5.41, 5.74) is 2.56. The molecule has 0 bridgehead atoms. The first-order valence-electron chi connectivity index (χ1n) is 10.7. The fourth-order valence-corrected chi connectivity index (χ4v) is 3.46. The van der Waals surface area contributed by atoms with Gasteiger partial charge in [-0.25, -0.2) is 0 Å². The van der Waals surface area contributed by atoms with E-state index in [1.54, 1.807) is 14.2 Å². The highest BCUT2D eigenvalue weighted by molar-refractivity contribution is 5.79. The van der Waals surface area contributed by atoms with Gasteiger partial charge >= 0.3 is 0 Å². The van der Waals surface area contributed by atoms with Gasteiger partial charge in [0.1, 0.15) is 0 Å². The lowest BCUT2D eigenvalue weighted by Gasteiger charge is -2.29. The fourth-order valence-electron chi connectivity index (χ4n) is 3.46. The molecule has 1 aromatic carbocycles. The molecule has 2 rings (SSSR count). The zero-order chi connectivity index (χ0) is 20.9. The molecular weight excluding hydrogens is 366 g/mol. The molecule has 0 radical (unpaired) electrons. The van der Waals surface area contributed by atoms with Crippen LogP contribution in [0.2, 0.25) is 0 Å². The predicted molar refractivity (Wildman–Crippen MR) is 119 cm³/mol. The van der Waals surface area contributed by atoms with Crippen LogP contribution >= 0.6 is 0 Å². The molecule has 7 nitrogen and oxygen atoms in total. The van der Waals surface area contributed by atoms with Crippen molar-refractivity contribution in [2.45, 2.75) is 38.5 Å². The summed E-state index contributed by atoms with van der Waals surface area (Å²) in [7, 11) is 5.67. The smallest absolute Gasteiger partial charge is 0.191 e. The molecule has 0 aromatic heterocycles. The molecule has 1 heterocycles. The number of aliphatic hydroxyl groups excluding tert-OH is 1. The van der Waals surface area contributed by atoms with Gasteiger partial charge in [0.2, 0.25) is 0 Å². The van der Waals surface area contributed by atoms with Gasteiger partial charge in [-0.1, -0.05) is 24.3 Å². The van der Waals surface area contributed by atoms with E-state index in [-0.39, 0.29) is 6.10 Å². The molecular formula is C22H39N5O2. The number of piperidine rings is 1. The van der Waals surface area contributed by atoms with Gasteiger partial charge in [-0.2, -0.15) is 0 Å². The highest BCUT2D eigenvalue weighted by atomic mass is 16.5. The molecule has 29 heavy (non-hydrogen) atoms. The number of likely N-dealkylation sites (N-methyl/N-ethyl adjacent to an activating group) is 1. The molecule has 1 aliphatic heterocycles. The van der Waals surface area contributed by atoms with Crippen LogP contribution in [0.5, 0.6) is 0 Å². The Morgan fingerprint density at radius 3 is 2.52 bits per heavy atom. The summed E-state index contributed by atoms with van der Waals surface area (Å²) in [6.45, 7) is 7.33. The van der Waals surface area contributed by atoms with E-state index in [0.29, 0.717) is 0 Å². The number of likely N-dealkylation sites (tertiary alicyclic amines) is 1. The third-order valence-corrected chi connectivity index (χ3v) is 5.34. The molecule has 1 saturated heterocycles. The number of benzene rings is 1. The number of aliphatic imine (C=N–C) groups is 1. The SMILES string of the molecule is CN=C(NCCN(C)CCCOC)NCc1ccc(CN2CCC(O)CC2)cc1. The first-order valence-corrected chi connectivity index (χ1v) is 10.7. The molecule has 1 aromatic rings. The Morgan fingerprint density at radius 1 is 1.17 bits per heavy atom. The lowest BCUT2D eigenvalue weighted by atomic mass is 10.1. The van der Waals surface area contributed by atoms with Crippen LogP contribution in [0.4, 0.5) is 0 Å². The maximum atomic E-state index is 9.62. The van der Waals surface area contributed by atoms with Gasteiger partial charge in [-0.3, -0.25) is 9.89 Å². The van der Waals surface area contributed by atoms with Crippen LogP contribution in [0.1, 0.15) is 30.4 Å². The molecule has 7 heteroatoms. The number of hydrogen-bond donors (Lipinski definition) is 3. The molecule has 1 aliphatic rings. The third kappa shape index (κ3) is 9.58. The largest absolute Gasteiger partial charge is 0.393 e. The first-order chi connectivity index (χ1) is 14.1. The number of rotatable bonds is 11. The van der Waals surface area contributed by atoms with Gasteiger partial charge < -0.3 is 25.4 Å². The summed E-state index contributed by atoms with van der Waals surface area (Å²) in [4.78, 5) is 9.01. The molecule has 0 aliphatic carbocycles. The van der Waals surface area contributed by atoms with Crippen molar-refractivity contribution in [2.24, 2.45) is 4.99 Å². The summed E-state index contributed by atoms with van der Waals surface area (Å²) < 4.78 is 5.09. The zero-order valence-electron chi connectivity index (χ0n) is 18.4. The standard InChI is InChI=1S/C22H39N5O2/c1-23-22(24-11-15-26(2)12-4-16-29-3)25-17-19-5-7-20(8-6-19)18-27-13-9-21(28)10-14-27/h5-8,21,28H,4,9-18H2,1-3H3,(H2,23,24,25). The number of aliphatic hydroxyl groups is 1. The van der Waals surface area contributed by atoms with Gasteiger partial charge in [0.15, 0.2) is 5.96 Å². The van der Waals surface area contributed by atoms with E-state index in [0.717, 1.165) is 77.6 Å². The molecule has 0 unspecified atom stereocenters. The summed E-state index contributed by atoms with van der Waals surface area (Å²) >= 11 is 0. The van der Waals surface area contributed by atoms with Gasteiger partial charge in [0.05, 0.1) is 6.10 Å². The molecule has 0 saturated carbocycles. The first kappa shape index (κ1) is 23.6. The molecule has 0 amide bonds. The van der Waals surface area contributed by atoms with Crippen molar-refractivity contribution in [3.05, 3.63) is 35.4 Å². The lowest BCUT2D eigenvalue weighted by Crippen LogP contribution is -2.40. The highest BCUT2D eigenvalue weighted by Crippen LogP contribution is 2.14.